The molecule has 0 amide bonds. The zero-order chi connectivity index (χ0) is 12.3. The summed E-state index contributed by atoms with van der Waals surface area (Å²) in [6, 6.07) is 0. The minimum atomic E-state index is 0.662. The summed E-state index contributed by atoms with van der Waals surface area (Å²) in [7, 11) is 1.97. The molecule has 0 atom stereocenters. The second-order valence-electron chi connectivity index (χ2n) is 3.63. The molecule has 2 aromatic heterocycles. The first-order chi connectivity index (χ1) is 8.20. The molecule has 0 aliphatic carbocycles. The Hall–Kier alpha value is -1.56. The zero-order valence-corrected chi connectivity index (χ0v) is 11.0. The Labute approximate surface area is 105 Å². The van der Waals surface area contributed by atoms with Crippen LogP contribution in [-0.2, 0) is 7.05 Å². The van der Waals surface area contributed by atoms with Gasteiger partial charge >= 0.3 is 0 Å². The van der Waals surface area contributed by atoms with Crippen molar-refractivity contribution in [3.05, 3.63) is 24.2 Å². The third-order valence-electron chi connectivity index (χ3n) is 2.23. The van der Waals surface area contributed by atoms with E-state index in [9.17, 15) is 0 Å². The van der Waals surface area contributed by atoms with Crippen molar-refractivity contribution in [3.63, 3.8) is 0 Å². The molecule has 0 radical (unpaired) electrons. The van der Waals surface area contributed by atoms with Crippen LogP contribution in [0.3, 0.4) is 0 Å². The number of hydrogen-bond donors (Lipinski definition) is 1. The van der Waals surface area contributed by atoms with Crippen molar-refractivity contribution in [2.75, 3.05) is 11.9 Å². The predicted molar refractivity (Wildman–Crippen MR) is 68.3 cm³/mol. The Balaban J connectivity index is 2.25. The van der Waals surface area contributed by atoms with Crippen LogP contribution in [0.1, 0.15) is 12.5 Å². The van der Waals surface area contributed by atoms with Gasteiger partial charge < -0.3 is 9.88 Å². The van der Waals surface area contributed by atoms with E-state index in [0.717, 1.165) is 22.3 Å². The van der Waals surface area contributed by atoms with E-state index in [1.807, 2.05) is 37.9 Å². The molecule has 2 rings (SSSR count). The topological polar surface area (TPSA) is 55.6 Å². The number of aryl methyl sites for hydroxylation is 2. The number of nitrogens with zero attached hydrogens (tertiary/aromatic N) is 4. The summed E-state index contributed by atoms with van der Waals surface area (Å²) in [5.74, 6) is 0.662. The molecule has 2 heterocycles. The minimum absolute atomic E-state index is 0.662. The molecule has 1 N–H and O–H groups in total. The predicted octanol–water partition coefficient (Wildman–Crippen LogP) is 2.10. The molecule has 6 heteroatoms. The number of hydrogen-bond acceptors (Lipinski definition) is 5. The van der Waals surface area contributed by atoms with Crippen molar-refractivity contribution < 1.29 is 0 Å². The lowest BCUT2D eigenvalue weighted by Crippen LogP contribution is -2.03. The van der Waals surface area contributed by atoms with E-state index < -0.39 is 0 Å². The molecule has 17 heavy (non-hydrogen) atoms. The normalized spacial score (nSPS) is 10.5. The third-order valence-corrected chi connectivity index (χ3v) is 3.41. The van der Waals surface area contributed by atoms with E-state index in [2.05, 4.69) is 20.3 Å². The number of anilines is 1. The van der Waals surface area contributed by atoms with Gasteiger partial charge in [0.05, 0.1) is 0 Å². The van der Waals surface area contributed by atoms with Gasteiger partial charge in [-0.15, -0.1) is 0 Å². The maximum Gasteiger partial charge on any atom is 0.223 e. The summed E-state index contributed by atoms with van der Waals surface area (Å²) < 4.78 is 1.97. The second-order valence-corrected chi connectivity index (χ2v) is 4.59. The quantitative estimate of drug-likeness (QED) is 0.841. The average molecular weight is 249 g/mol. The van der Waals surface area contributed by atoms with E-state index in [4.69, 9.17) is 0 Å². The Bertz CT molecular complexity index is 508. The fourth-order valence-electron chi connectivity index (χ4n) is 1.31. The molecule has 5 nitrogen and oxygen atoms in total. The standard InChI is InChI=1S/C11H15N5S/c1-4-12-10-14-7-8(2)9(15-10)17-11-13-5-6-16(11)3/h5-7H,4H2,1-3H3,(H,12,14,15). The van der Waals surface area contributed by atoms with E-state index in [0.29, 0.717) is 5.95 Å². The fourth-order valence-corrected chi connectivity index (χ4v) is 2.15. The number of imidazole rings is 1. The van der Waals surface area contributed by atoms with Gasteiger partial charge in [-0.1, -0.05) is 0 Å². The van der Waals surface area contributed by atoms with Crippen LogP contribution in [0, 0.1) is 6.92 Å². The molecular weight excluding hydrogens is 234 g/mol. The average Bonchev–Trinajstić information content (AvgIpc) is 2.70. The Morgan fingerprint density at radius 3 is 2.88 bits per heavy atom. The Kier molecular flexibility index (Phi) is 3.63. The highest BCUT2D eigenvalue weighted by Gasteiger charge is 2.08. The summed E-state index contributed by atoms with van der Waals surface area (Å²) in [5, 5.41) is 4.97. The molecule has 0 aromatic carbocycles. The first-order valence-electron chi connectivity index (χ1n) is 5.43. The van der Waals surface area contributed by atoms with Gasteiger partial charge in [0, 0.05) is 37.7 Å². The summed E-state index contributed by atoms with van der Waals surface area (Å²) in [4.78, 5) is 13.0. The van der Waals surface area contributed by atoms with Crippen LogP contribution in [-0.4, -0.2) is 26.1 Å². The second kappa shape index (κ2) is 5.18. The highest BCUT2D eigenvalue weighted by Crippen LogP contribution is 2.27. The lowest BCUT2D eigenvalue weighted by Gasteiger charge is -2.07. The molecular formula is C11H15N5S. The smallest absolute Gasteiger partial charge is 0.223 e. The van der Waals surface area contributed by atoms with Crippen LogP contribution in [0.15, 0.2) is 28.8 Å². The Morgan fingerprint density at radius 1 is 1.41 bits per heavy atom. The van der Waals surface area contributed by atoms with Gasteiger partial charge in [0.2, 0.25) is 5.95 Å². The van der Waals surface area contributed by atoms with Crippen molar-refractivity contribution in [1.29, 1.82) is 0 Å². The summed E-state index contributed by atoms with van der Waals surface area (Å²) in [6.07, 6.45) is 5.53. The molecule has 0 fully saturated rings. The monoisotopic (exact) mass is 249 g/mol. The van der Waals surface area contributed by atoms with Gasteiger partial charge in [-0.2, -0.15) is 0 Å². The van der Waals surface area contributed by atoms with Crippen molar-refractivity contribution in [1.82, 2.24) is 19.5 Å². The fraction of sp³-hybridized carbons (Fsp3) is 0.364. The number of nitrogens with one attached hydrogen (secondary N) is 1. The van der Waals surface area contributed by atoms with Gasteiger partial charge in [0.25, 0.3) is 0 Å². The van der Waals surface area contributed by atoms with Gasteiger partial charge in [0.15, 0.2) is 5.16 Å². The molecule has 0 aliphatic rings. The third kappa shape index (κ3) is 2.76. The molecule has 0 bridgehead atoms. The number of aromatic nitrogens is 4. The molecule has 90 valence electrons. The molecule has 0 spiro atoms. The number of rotatable bonds is 4. The van der Waals surface area contributed by atoms with Crippen LogP contribution in [0.2, 0.25) is 0 Å². The highest BCUT2D eigenvalue weighted by molar-refractivity contribution is 7.99. The summed E-state index contributed by atoms with van der Waals surface area (Å²) in [5.41, 5.74) is 1.06. The van der Waals surface area contributed by atoms with E-state index >= 15 is 0 Å². The van der Waals surface area contributed by atoms with Gasteiger partial charge in [-0.25, -0.2) is 15.0 Å². The first kappa shape index (κ1) is 11.9. The van der Waals surface area contributed by atoms with Crippen molar-refractivity contribution >= 4 is 17.7 Å². The van der Waals surface area contributed by atoms with E-state index in [-0.39, 0.29) is 0 Å². The van der Waals surface area contributed by atoms with Crippen molar-refractivity contribution in [3.8, 4) is 0 Å². The molecule has 0 aliphatic heterocycles. The maximum absolute atomic E-state index is 4.47. The van der Waals surface area contributed by atoms with Crippen molar-refractivity contribution in [2.24, 2.45) is 7.05 Å². The minimum Gasteiger partial charge on any atom is -0.354 e. The van der Waals surface area contributed by atoms with Crippen LogP contribution in [0.4, 0.5) is 5.95 Å². The van der Waals surface area contributed by atoms with Gasteiger partial charge in [0.1, 0.15) is 5.03 Å². The SMILES string of the molecule is CCNc1ncc(C)c(Sc2nccn2C)n1. The molecule has 2 aromatic rings. The summed E-state index contributed by atoms with van der Waals surface area (Å²) in [6.45, 7) is 4.84. The molecule has 0 unspecified atom stereocenters. The molecule has 0 saturated carbocycles. The van der Waals surface area contributed by atoms with Crippen molar-refractivity contribution in [2.45, 2.75) is 24.0 Å². The zero-order valence-electron chi connectivity index (χ0n) is 10.1. The van der Waals surface area contributed by atoms with Crippen LogP contribution >= 0.6 is 11.8 Å². The van der Waals surface area contributed by atoms with E-state index in [1.165, 1.54) is 0 Å². The first-order valence-corrected chi connectivity index (χ1v) is 6.25. The largest absolute Gasteiger partial charge is 0.354 e. The Morgan fingerprint density at radius 2 is 2.24 bits per heavy atom. The lowest BCUT2D eigenvalue weighted by atomic mass is 10.4. The van der Waals surface area contributed by atoms with Crippen LogP contribution in [0.5, 0.6) is 0 Å². The van der Waals surface area contributed by atoms with E-state index in [1.54, 1.807) is 18.0 Å². The van der Waals surface area contributed by atoms with Crippen LogP contribution < -0.4 is 5.32 Å². The highest BCUT2D eigenvalue weighted by atomic mass is 32.2. The lowest BCUT2D eigenvalue weighted by molar-refractivity contribution is 0.787. The summed E-state index contributed by atoms with van der Waals surface area (Å²) >= 11 is 1.55. The maximum atomic E-state index is 4.47. The van der Waals surface area contributed by atoms with Gasteiger partial charge in [-0.3, -0.25) is 0 Å². The van der Waals surface area contributed by atoms with Gasteiger partial charge in [-0.05, 0) is 25.6 Å². The van der Waals surface area contributed by atoms with Crippen LogP contribution in [0.25, 0.3) is 0 Å². The molecule has 0 saturated heterocycles.